The maximum absolute atomic E-state index is 5.57. The van der Waals surface area contributed by atoms with Crippen LogP contribution in [0.15, 0.2) is 283 Å². The van der Waals surface area contributed by atoms with Crippen LogP contribution in [-0.4, -0.2) is 13.1 Å². The average molecular weight is 942 g/mol. The van der Waals surface area contributed by atoms with Gasteiger partial charge in [0.2, 0.25) is 0 Å². The molecule has 0 aliphatic carbocycles. The highest BCUT2D eigenvalue weighted by Gasteiger charge is 2.49. The second-order valence-electron chi connectivity index (χ2n) is 18.3. The van der Waals surface area contributed by atoms with Crippen LogP contribution in [0.2, 0.25) is 0 Å². The maximum Gasteiger partial charge on any atom is 0.184 e. The van der Waals surface area contributed by atoms with Gasteiger partial charge >= 0.3 is 0 Å². The summed E-state index contributed by atoms with van der Waals surface area (Å²) in [6, 6.07) is 100. The molecule has 11 aromatic carbocycles. The van der Waals surface area contributed by atoms with Crippen molar-refractivity contribution in [2.45, 2.75) is 16.2 Å². The molecule has 1 aromatic heterocycles. The van der Waals surface area contributed by atoms with Gasteiger partial charge in [-0.15, -0.1) is 0 Å². The van der Waals surface area contributed by atoms with Gasteiger partial charge in [-0.25, -0.2) is 4.98 Å². The maximum atomic E-state index is 5.57. The second-order valence-corrected chi connectivity index (χ2v) is 23.1. The van der Waals surface area contributed by atoms with Crippen molar-refractivity contribution in [3.05, 3.63) is 284 Å². The minimum atomic E-state index is -2.85. The van der Waals surface area contributed by atoms with E-state index in [1.807, 2.05) is 11.8 Å². The van der Waals surface area contributed by atoms with E-state index in [0.29, 0.717) is 0 Å². The quantitative estimate of drug-likeness (QED) is 0.127. The van der Waals surface area contributed by atoms with Crippen molar-refractivity contribution in [1.82, 2.24) is 4.98 Å². The van der Waals surface area contributed by atoms with E-state index in [0.717, 1.165) is 40.2 Å². The lowest BCUT2D eigenvalue weighted by Crippen LogP contribution is -2.77. The zero-order valence-corrected chi connectivity index (χ0v) is 40.8. The van der Waals surface area contributed by atoms with E-state index in [1.54, 1.807) is 0 Å². The number of aromatic nitrogens is 1. The SMILES string of the molecule is c1ccc(Cc2ccccc2N(c2ccc3nc(N4c5ccccc5[Si](c5ccccc5)(c5ccc6ccccc6c5)c5ccccc54)ccc3c2)c2ccccc2Sc2ccc3ccccc3c2)cc1. The molecule has 0 unspecified atom stereocenters. The van der Waals surface area contributed by atoms with E-state index >= 15 is 0 Å². The number of para-hydroxylation sites is 4. The van der Waals surface area contributed by atoms with Crippen LogP contribution in [0.5, 0.6) is 0 Å². The number of anilines is 6. The number of nitrogens with zero attached hydrogens (tertiary/aromatic N) is 3. The van der Waals surface area contributed by atoms with Gasteiger partial charge in [0.15, 0.2) is 8.07 Å². The van der Waals surface area contributed by atoms with Crippen LogP contribution in [0.4, 0.5) is 34.3 Å². The first kappa shape index (κ1) is 42.6. The van der Waals surface area contributed by atoms with Crippen molar-refractivity contribution in [1.29, 1.82) is 0 Å². The highest BCUT2D eigenvalue weighted by Crippen LogP contribution is 2.46. The molecule has 336 valence electrons. The van der Waals surface area contributed by atoms with Crippen molar-refractivity contribution in [3.8, 4) is 0 Å². The molecule has 0 atom stereocenters. The molecule has 5 heteroatoms. The molecule has 1 aliphatic heterocycles. The fourth-order valence-corrected chi connectivity index (χ4v) is 17.0. The number of benzene rings is 11. The Morgan fingerprint density at radius 2 is 0.986 bits per heavy atom. The molecule has 0 amide bonds. The van der Waals surface area contributed by atoms with E-state index < -0.39 is 8.07 Å². The molecule has 3 nitrogen and oxygen atoms in total. The van der Waals surface area contributed by atoms with Gasteiger partial charge in [-0.05, 0) is 133 Å². The van der Waals surface area contributed by atoms with Crippen molar-refractivity contribution < 1.29 is 0 Å². The zero-order chi connectivity index (χ0) is 47.1. The van der Waals surface area contributed by atoms with E-state index in [-0.39, 0.29) is 0 Å². The van der Waals surface area contributed by atoms with E-state index in [4.69, 9.17) is 4.98 Å². The molecule has 0 saturated heterocycles. The molecule has 13 rings (SSSR count). The van der Waals surface area contributed by atoms with Crippen LogP contribution in [0.1, 0.15) is 11.1 Å². The first-order chi connectivity index (χ1) is 35.2. The number of fused-ring (bicyclic) bond motifs is 5. The topological polar surface area (TPSA) is 19.4 Å². The second kappa shape index (κ2) is 18.1. The monoisotopic (exact) mass is 941 g/mol. The van der Waals surface area contributed by atoms with Gasteiger partial charge in [0.05, 0.1) is 11.2 Å². The van der Waals surface area contributed by atoms with Crippen molar-refractivity contribution in [3.63, 3.8) is 0 Å². The molecule has 0 saturated carbocycles. The summed E-state index contributed by atoms with van der Waals surface area (Å²) in [5, 5.41) is 11.5. The molecule has 0 fully saturated rings. The summed E-state index contributed by atoms with van der Waals surface area (Å²) in [6.07, 6.45) is 0.806. The molecular formula is C66H47N3SSi. The lowest BCUT2D eigenvalue weighted by atomic mass is 10.0. The van der Waals surface area contributed by atoms with E-state index in [9.17, 15) is 0 Å². The molecule has 1 aliphatic rings. The Bertz CT molecular complexity index is 3880. The average Bonchev–Trinajstić information content (AvgIpc) is 3.43. The first-order valence-corrected chi connectivity index (χ1v) is 27.1. The third-order valence-corrected chi connectivity index (χ3v) is 20.1. The van der Waals surface area contributed by atoms with Crippen molar-refractivity contribution >= 4 is 107 Å². The number of rotatable bonds is 10. The summed E-state index contributed by atoms with van der Waals surface area (Å²) in [5.41, 5.74) is 9.13. The summed E-state index contributed by atoms with van der Waals surface area (Å²) in [7, 11) is -2.85. The van der Waals surface area contributed by atoms with Gasteiger partial charge in [-0.1, -0.05) is 212 Å². The highest BCUT2D eigenvalue weighted by atomic mass is 32.2. The lowest BCUT2D eigenvalue weighted by molar-refractivity contribution is 1.14. The molecule has 0 N–H and O–H groups in total. The first-order valence-electron chi connectivity index (χ1n) is 24.3. The molecule has 0 radical (unpaired) electrons. The Morgan fingerprint density at radius 1 is 0.408 bits per heavy atom. The highest BCUT2D eigenvalue weighted by molar-refractivity contribution is 7.99. The zero-order valence-electron chi connectivity index (χ0n) is 38.9. The minimum absolute atomic E-state index is 0.806. The Balaban J connectivity index is 0.948. The Kier molecular flexibility index (Phi) is 10.9. The van der Waals surface area contributed by atoms with Crippen molar-refractivity contribution in [2.24, 2.45) is 0 Å². The van der Waals surface area contributed by atoms with Gasteiger partial charge < -0.3 is 4.90 Å². The molecule has 0 bridgehead atoms. The smallest absolute Gasteiger partial charge is 0.184 e. The fourth-order valence-electron chi connectivity index (χ4n) is 10.9. The van der Waals surface area contributed by atoms with Crippen LogP contribution in [0, 0.1) is 0 Å². The van der Waals surface area contributed by atoms with Gasteiger partial charge in [0.25, 0.3) is 0 Å². The Labute approximate surface area is 420 Å². The predicted molar refractivity (Wildman–Crippen MR) is 303 cm³/mol. The van der Waals surface area contributed by atoms with Crippen LogP contribution in [-0.2, 0) is 6.42 Å². The molecular weight excluding hydrogens is 895 g/mol. The Morgan fingerprint density at radius 3 is 1.73 bits per heavy atom. The van der Waals surface area contributed by atoms with Gasteiger partial charge in [0.1, 0.15) is 5.82 Å². The number of pyridine rings is 1. The van der Waals surface area contributed by atoms with Gasteiger partial charge in [-0.2, -0.15) is 0 Å². The normalized spacial score (nSPS) is 12.7. The van der Waals surface area contributed by atoms with Gasteiger partial charge in [-0.3, -0.25) is 4.90 Å². The standard InChI is InChI=1S/C66H47N3SSi/c1-3-19-47(20-4-1)43-53-25-11-12-28-59(53)68(60-29-13-16-32-63(60)70-55-39-35-48-21-7-9-23-50(48)45-55)54-38-41-58-52(44-54)37-42-66(67-58)69-61-30-14-17-33-64(61)71(56-26-5-2-6-27-56,65-34-18-15-31-62(65)69)57-40-36-49-22-8-10-24-51(49)46-57/h1-42,44-46H,43H2. The van der Waals surface area contributed by atoms with Crippen LogP contribution in [0.25, 0.3) is 32.4 Å². The largest absolute Gasteiger partial charge is 0.309 e. The molecule has 0 spiro atoms. The lowest BCUT2D eigenvalue weighted by Gasteiger charge is -2.44. The number of hydrogen-bond donors (Lipinski definition) is 0. The summed E-state index contributed by atoms with van der Waals surface area (Å²) >= 11 is 1.81. The van der Waals surface area contributed by atoms with E-state index in [1.165, 1.54) is 74.6 Å². The predicted octanol–water partition coefficient (Wildman–Crippen LogP) is 14.9. The molecule has 2 heterocycles. The number of hydrogen-bond acceptors (Lipinski definition) is 4. The van der Waals surface area contributed by atoms with Gasteiger partial charge in [0, 0.05) is 37.9 Å². The third-order valence-electron chi connectivity index (χ3n) is 14.2. The fraction of sp³-hybridized carbons (Fsp3) is 0.0152. The molecule has 71 heavy (non-hydrogen) atoms. The third kappa shape index (κ3) is 7.58. The van der Waals surface area contributed by atoms with Crippen LogP contribution in [0.3, 0.4) is 0 Å². The summed E-state index contributed by atoms with van der Waals surface area (Å²) < 4.78 is 0. The van der Waals surface area contributed by atoms with E-state index in [2.05, 4.69) is 283 Å². The summed E-state index contributed by atoms with van der Waals surface area (Å²) in [6.45, 7) is 0. The molecule has 12 aromatic rings. The summed E-state index contributed by atoms with van der Waals surface area (Å²) in [5.74, 6) is 0.890. The van der Waals surface area contributed by atoms with Crippen LogP contribution < -0.4 is 30.5 Å². The summed E-state index contributed by atoms with van der Waals surface area (Å²) in [4.78, 5) is 12.8. The van der Waals surface area contributed by atoms with Crippen molar-refractivity contribution in [2.75, 3.05) is 9.80 Å². The Hall–Kier alpha value is -8.48. The van der Waals surface area contributed by atoms with Crippen LogP contribution >= 0.6 is 11.8 Å². The minimum Gasteiger partial charge on any atom is -0.309 e.